The van der Waals surface area contributed by atoms with Crippen LogP contribution in [0.3, 0.4) is 0 Å². The Labute approximate surface area is 199 Å². The zero-order valence-electron chi connectivity index (χ0n) is 19.6. The Bertz CT molecular complexity index is 1180. The molecular weight excluding hydrogens is 458 g/mol. The molecule has 0 spiro atoms. The van der Waals surface area contributed by atoms with E-state index >= 15 is 0 Å². The van der Waals surface area contributed by atoms with Crippen LogP contribution in [0.4, 0.5) is 0 Å². The third-order valence-corrected chi connectivity index (χ3v) is 7.31. The van der Waals surface area contributed by atoms with Crippen LogP contribution >= 0.6 is 0 Å². The van der Waals surface area contributed by atoms with Crippen molar-refractivity contribution in [3.05, 3.63) is 59.7 Å². The van der Waals surface area contributed by atoms with Gasteiger partial charge in [-0.15, -0.1) is 0 Å². The Kier molecular flexibility index (Phi) is 7.61. The summed E-state index contributed by atoms with van der Waals surface area (Å²) in [7, 11) is -2.62. The van der Waals surface area contributed by atoms with Crippen molar-refractivity contribution >= 4 is 27.7 Å². The first kappa shape index (κ1) is 25.2. The van der Waals surface area contributed by atoms with Crippen molar-refractivity contribution in [3.8, 4) is 5.75 Å². The summed E-state index contributed by atoms with van der Waals surface area (Å²) in [6.45, 7) is 4.76. The summed E-state index contributed by atoms with van der Waals surface area (Å²) in [6.07, 6.45) is 0.307. The summed E-state index contributed by atoms with van der Waals surface area (Å²) in [6, 6.07) is 11.9. The van der Waals surface area contributed by atoms with E-state index in [2.05, 4.69) is 5.32 Å². The van der Waals surface area contributed by atoms with Crippen LogP contribution < -0.4 is 10.1 Å². The average Bonchev–Trinajstić information content (AvgIpc) is 2.99. The van der Waals surface area contributed by atoms with Gasteiger partial charge in [0.15, 0.2) is 0 Å². The van der Waals surface area contributed by atoms with Crippen LogP contribution in [-0.4, -0.2) is 61.1 Å². The molecule has 3 rings (SSSR count). The molecule has 10 heteroatoms. The maximum Gasteiger partial charge on any atom is 0.269 e. The van der Waals surface area contributed by atoms with E-state index in [0.29, 0.717) is 16.5 Å². The molecule has 0 aromatic heterocycles. The van der Waals surface area contributed by atoms with E-state index in [-0.39, 0.29) is 29.0 Å². The van der Waals surface area contributed by atoms with Gasteiger partial charge in [0, 0.05) is 12.6 Å². The van der Waals surface area contributed by atoms with Gasteiger partial charge in [0.1, 0.15) is 23.2 Å². The first-order valence-electron chi connectivity index (χ1n) is 11.0. The second-order valence-electron chi connectivity index (χ2n) is 8.27. The molecule has 1 N–H and O–H groups in total. The number of ether oxygens (including phenoxy) is 1. The fourth-order valence-corrected chi connectivity index (χ4v) is 5.35. The molecule has 0 aliphatic carbocycles. The van der Waals surface area contributed by atoms with Gasteiger partial charge in [-0.2, -0.15) is 0 Å². The number of amides is 3. The lowest BCUT2D eigenvalue weighted by Crippen LogP contribution is -2.53. The van der Waals surface area contributed by atoms with Gasteiger partial charge < -0.3 is 15.0 Å². The monoisotopic (exact) mass is 487 g/mol. The molecule has 0 unspecified atom stereocenters. The predicted octanol–water partition coefficient (Wildman–Crippen LogP) is 2.17. The largest absolute Gasteiger partial charge is 0.497 e. The first-order valence-corrected chi connectivity index (χ1v) is 12.4. The molecule has 0 bridgehead atoms. The molecule has 1 atom stereocenters. The molecular formula is C24H29N3O6S. The highest BCUT2D eigenvalue weighted by Crippen LogP contribution is 2.30. The first-order chi connectivity index (χ1) is 16.1. The molecule has 2 aromatic rings. The average molecular weight is 488 g/mol. The summed E-state index contributed by atoms with van der Waals surface area (Å²) < 4.78 is 31.6. The van der Waals surface area contributed by atoms with Gasteiger partial charge in [0.25, 0.3) is 15.9 Å². The molecule has 1 heterocycles. The Morgan fingerprint density at radius 1 is 1.09 bits per heavy atom. The van der Waals surface area contributed by atoms with Gasteiger partial charge in [0.05, 0.1) is 12.7 Å². The summed E-state index contributed by atoms with van der Waals surface area (Å²) in [5.41, 5.74) is 0.755. The Morgan fingerprint density at radius 2 is 1.74 bits per heavy atom. The van der Waals surface area contributed by atoms with Crippen molar-refractivity contribution in [3.63, 3.8) is 0 Å². The topological polar surface area (TPSA) is 113 Å². The number of carbonyl (C=O) groups excluding carboxylic acids is 3. The van der Waals surface area contributed by atoms with Crippen LogP contribution in [0.5, 0.6) is 5.75 Å². The van der Waals surface area contributed by atoms with Crippen molar-refractivity contribution < 1.29 is 27.5 Å². The van der Waals surface area contributed by atoms with Crippen molar-refractivity contribution in [1.29, 1.82) is 0 Å². The normalized spacial score (nSPS) is 15.1. The highest BCUT2D eigenvalue weighted by atomic mass is 32.2. The van der Waals surface area contributed by atoms with Crippen molar-refractivity contribution in [1.82, 2.24) is 14.5 Å². The number of nitrogens with zero attached hydrogens (tertiary/aromatic N) is 2. The standard InChI is InChI=1S/C24H29N3O6S/c1-5-20(23(29)25-16(2)3)26(14-17-10-12-18(33-4)13-11-17)22(28)15-27-24(30)19-8-6-7-9-21(19)34(27,31)32/h6-13,16,20H,5,14-15H2,1-4H3,(H,25,29)/t20-/m1/s1. The van der Waals surface area contributed by atoms with Gasteiger partial charge >= 0.3 is 0 Å². The van der Waals surface area contributed by atoms with Crippen LogP contribution in [0.25, 0.3) is 0 Å². The second kappa shape index (κ2) is 10.3. The van der Waals surface area contributed by atoms with Gasteiger partial charge in [-0.3, -0.25) is 14.4 Å². The minimum atomic E-state index is -4.16. The number of sulfonamides is 1. The third kappa shape index (κ3) is 5.06. The quantitative estimate of drug-likeness (QED) is 0.580. The maximum atomic E-state index is 13.5. The summed E-state index contributed by atoms with van der Waals surface area (Å²) >= 11 is 0. The van der Waals surface area contributed by atoms with Crippen LogP contribution in [0.15, 0.2) is 53.4 Å². The second-order valence-corrected chi connectivity index (χ2v) is 10.1. The minimum Gasteiger partial charge on any atom is -0.497 e. The van der Waals surface area contributed by atoms with E-state index < -0.39 is 34.4 Å². The van der Waals surface area contributed by atoms with E-state index in [0.717, 1.165) is 5.56 Å². The molecule has 0 saturated heterocycles. The molecule has 1 aliphatic heterocycles. The fraction of sp³-hybridized carbons (Fsp3) is 0.375. The molecule has 3 amide bonds. The number of methoxy groups -OCH3 is 1. The van der Waals surface area contributed by atoms with E-state index in [4.69, 9.17) is 4.74 Å². The Balaban J connectivity index is 1.92. The highest BCUT2D eigenvalue weighted by Gasteiger charge is 2.43. The molecule has 34 heavy (non-hydrogen) atoms. The van der Waals surface area contributed by atoms with Crippen molar-refractivity contribution in [2.75, 3.05) is 13.7 Å². The molecule has 2 aromatic carbocycles. The lowest BCUT2D eigenvalue weighted by Gasteiger charge is -2.32. The van der Waals surface area contributed by atoms with Gasteiger partial charge in [-0.05, 0) is 50.1 Å². The van der Waals surface area contributed by atoms with E-state index in [1.165, 1.54) is 23.1 Å². The van der Waals surface area contributed by atoms with E-state index in [1.54, 1.807) is 44.4 Å². The smallest absolute Gasteiger partial charge is 0.269 e. The van der Waals surface area contributed by atoms with Gasteiger partial charge in [0.2, 0.25) is 11.8 Å². The Morgan fingerprint density at radius 3 is 2.29 bits per heavy atom. The lowest BCUT2D eigenvalue weighted by atomic mass is 10.1. The third-order valence-electron chi connectivity index (χ3n) is 5.52. The predicted molar refractivity (Wildman–Crippen MR) is 126 cm³/mol. The number of hydrogen-bond donors (Lipinski definition) is 1. The molecule has 9 nitrogen and oxygen atoms in total. The van der Waals surface area contributed by atoms with Crippen LogP contribution in [0.2, 0.25) is 0 Å². The summed E-state index contributed by atoms with van der Waals surface area (Å²) in [4.78, 5) is 40.4. The molecule has 1 aliphatic rings. The highest BCUT2D eigenvalue weighted by molar-refractivity contribution is 7.90. The van der Waals surface area contributed by atoms with Crippen molar-refractivity contribution in [2.24, 2.45) is 0 Å². The van der Waals surface area contributed by atoms with Crippen LogP contribution in [-0.2, 0) is 26.2 Å². The van der Waals surface area contributed by atoms with E-state index in [1.807, 2.05) is 13.8 Å². The zero-order valence-corrected chi connectivity index (χ0v) is 20.5. The molecule has 0 fully saturated rings. The minimum absolute atomic E-state index is 0.0293. The SMILES string of the molecule is CC[C@H](C(=O)NC(C)C)N(Cc1ccc(OC)cc1)C(=O)CN1C(=O)c2ccccc2S1(=O)=O. The molecule has 182 valence electrons. The number of hydrogen-bond acceptors (Lipinski definition) is 6. The number of fused-ring (bicyclic) bond motifs is 1. The zero-order chi connectivity index (χ0) is 25.0. The molecule has 0 saturated carbocycles. The van der Waals surface area contributed by atoms with Crippen LogP contribution in [0.1, 0.15) is 43.1 Å². The summed E-state index contributed by atoms with van der Waals surface area (Å²) in [5.74, 6) is -1.12. The lowest BCUT2D eigenvalue weighted by molar-refractivity contribution is -0.141. The molecule has 0 radical (unpaired) electrons. The number of rotatable bonds is 9. The van der Waals surface area contributed by atoms with E-state index in [9.17, 15) is 22.8 Å². The summed E-state index contributed by atoms with van der Waals surface area (Å²) in [5, 5.41) is 2.81. The van der Waals surface area contributed by atoms with Gasteiger partial charge in [-0.25, -0.2) is 12.7 Å². The Hall–Kier alpha value is -3.40. The number of carbonyl (C=O) groups is 3. The van der Waals surface area contributed by atoms with Crippen molar-refractivity contribution in [2.45, 2.75) is 50.7 Å². The van der Waals surface area contributed by atoms with Crippen LogP contribution in [0, 0.1) is 0 Å². The maximum absolute atomic E-state index is 13.5. The number of benzene rings is 2. The fourth-order valence-electron chi connectivity index (χ4n) is 3.83. The number of nitrogens with one attached hydrogen (secondary N) is 1. The van der Waals surface area contributed by atoms with Gasteiger partial charge in [-0.1, -0.05) is 31.2 Å².